The van der Waals surface area contributed by atoms with Crippen molar-refractivity contribution in [2.45, 2.75) is 45.9 Å². The number of hydrogen-bond donors (Lipinski definition) is 0. The Hall–Kier alpha value is -0.440. The molecule has 0 spiro atoms. The molecule has 86 valence electrons. The van der Waals surface area contributed by atoms with Gasteiger partial charge in [0.1, 0.15) is 0 Å². The first kappa shape index (κ1) is 12.6. The van der Waals surface area contributed by atoms with Crippen LogP contribution in [0.25, 0.3) is 0 Å². The van der Waals surface area contributed by atoms with E-state index in [0.29, 0.717) is 5.37 Å². The smallest absolute Gasteiger partial charge is 0.250 e. The highest BCUT2D eigenvalue weighted by molar-refractivity contribution is 8.00. The summed E-state index contributed by atoms with van der Waals surface area (Å²) in [6.45, 7) is 9.25. The number of unbranched alkanes of at least 4 members (excludes halogenated alkanes) is 1. The summed E-state index contributed by atoms with van der Waals surface area (Å²) < 4.78 is 0. The molecule has 0 fully saturated rings. The third kappa shape index (κ3) is 2.57. The Morgan fingerprint density at radius 2 is 2.00 bits per heavy atom. The number of hydrogen-bond acceptors (Lipinski definition) is 2. The third-order valence-electron chi connectivity index (χ3n) is 2.90. The summed E-state index contributed by atoms with van der Waals surface area (Å²) in [6.07, 6.45) is 2.25. The van der Waals surface area contributed by atoms with Gasteiger partial charge in [-0.25, -0.2) is 0 Å². The maximum atomic E-state index is 12.0. The molecule has 0 radical (unpaired) electrons. The Balaban J connectivity index is 2.74. The standard InChI is InChI=1S/C12H21NOS/c1-5-7-8-13-11(14)9(3)10(4)12(13)15-6-2/h12H,5-8H2,1-4H3/t12-/m0/s1. The van der Waals surface area contributed by atoms with Crippen molar-refractivity contribution >= 4 is 17.7 Å². The highest BCUT2D eigenvalue weighted by atomic mass is 32.2. The molecule has 0 aromatic rings. The van der Waals surface area contributed by atoms with Crippen LogP contribution in [-0.2, 0) is 4.79 Å². The predicted molar refractivity (Wildman–Crippen MR) is 66.9 cm³/mol. The first-order chi connectivity index (χ1) is 7.13. The van der Waals surface area contributed by atoms with Gasteiger partial charge in [-0.3, -0.25) is 4.79 Å². The number of thioether (sulfide) groups is 1. The molecule has 0 aliphatic carbocycles. The molecule has 3 heteroatoms. The molecule has 0 N–H and O–H groups in total. The molecule has 1 heterocycles. The SMILES string of the molecule is CCCCN1C(=O)C(C)=C(C)[C@@H]1SCC. The molecule has 1 aliphatic heterocycles. The van der Waals surface area contributed by atoms with Gasteiger partial charge in [-0.2, -0.15) is 0 Å². The minimum Gasteiger partial charge on any atom is -0.323 e. The molecule has 1 aliphatic rings. The lowest BCUT2D eigenvalue weighted by molar-refractivity contribution is -0.125. The number of amides is 1. The van der Waals surface area contributed by atoms with E-state index in [1.165, 1.54) is 5.57 Å². The van der Waals surface area contributed by atoms with Crippen molar-refractivity contribution in [1.29, 1.82) is 0 Å². The van der Waals surface area contributed by atoms with Gasteiger partial charge in [-0.1, -0.05) is 20.3 Å². The Morgan fingerprint density at radius 3 is 2.53 bits per heavy atom. The summed E-state index contributed by atoms with van der Waals surface area (Å²) in [7, 11) is 0. The molecule has 1 amide bonds. The van der Waals surface area contributed by atoms with Crippen molar-refractivity contribution in [3.63, 3.8) is 0 Å². The molecular weight excluding hydrogens is 206 g/mol. The first-order valence-corrected chi connectivity index (χ1v) is 6.78. The van der Waals surface area contributed by atoms with Crippen molar-refractivity contribution in [2.75, 3.05) is 12.3 Å². The Bertz CT molecular complexity index is 273. The Kier molecular flexibility index (Phi) is 4.71. The van der Waals surface area contributed by atoms with Crippen LogP contribution in [0.5, 0.6) is 0 Å². The summed E-state index contributed by atoms with van der Waals surface area (Å²) >= 11 is 1.86. The van der Waals surface area contributed by atoms with E-state index in [0.717, 1.165) is 30.7 Å². The molecule has 0 aromatic carbocycles. The quantitative estimate of drug-likeness (QED) is 0.719. The fraction of sp³-hybridized carbons (Fsp3) is 0.750. The molecular formula is C12H21NOS. The second-order valence-electron chi connectivity index (χ2n) is 3.97. The lowest BCUT2D eigenvalue weighted by Crippen LogP contribution is -2.34. The van der Waals surface area contributed by atoms with Gasteiger partial charge in [0.05, 0.1) is 5.37 Å². The minimum atomic E-state index is 0.243. The van der Waals surface area contributed by atoms with E-state index in [9.17, 15) is 4.79 Å². The highest BCUT2D eigenvalue weighted by Crippen LogP contribution is 2.32. The average Bonchev–Trinajstić information content (AvgIpc) is 2.42. The van der Waals surface area contributed by atoms with Crippen LogP contribution < -0.4 is 0 Å². The van der Waals surface area contributed by atoms with E-state index in [2.05, 4.69) is 20.8 Å². The molecule has 0 saturated heterocycles. The molecule has 1 rings (SSSR count). The number of nitrogens with zero attached hydrogens (tertiary/aromatic N) is 1. The topological polar surface area (TPSA) is 20.3 Å². The molecule has 0 saturated carbocycles. The minimum absolute atomic E-state index is 0.243. The Morgan fingerprint density at radius 1 is 1.33 bits per heavy atom. The van der Waals surface area contributed by atoms with Crippen LogP contribution in [0, 0.1) is 0 Å². The zero-order valence-electron chi connectivity index (χ0n) is 10.2. The van der Waals surface area contributed by atoms with Crippen molar-refractivity contribution in [3.05, 3.63) is 11.1 Å². The molecule has 1 atom stereocenters. The van der Waals surface area contributed by atoms with Crippen molar-refractivity contribution in [3.8, 4) is 0 Å². The average molecular weight is 227 g/mol. The van der Waals surface area contributed by atoms with Crippen LogP contribution in [0.15, 0.2) is 11.1 Å². The van der Waals surface area contributed by atoms with Crippen molar-refractivity contribution < 1.29 is 4.79 Å². The summed E-state index contributed by atoms with van der Waals surface area (Å²) in [5, 5.41) is 0.300. The second kappa shape index (κ2) is 5.59. The van der Waals surface area contributed by atoms with Crippen LogP contribution in [0.1, 0.15) is 40.5 Å². The van der Waals surface area contributed by atoms with Crippen LogP contribution >= 0.6 is 11.8 Å². The predicted octanol–water partition coefficient (Wildman–Crippen LogP) is 3.04. The monoisotopic (exact) mass is 227 g/mol. The number of carbonyl (C=O) groups excluding carboxylic acids is 1. The van der Waals surface area contributed by atoms with Gasteiger partial charge in [-0.15, -0.1) is 11.8 Å². The van der Waals surface area contributed by atoms with E-state index in [1.54, 1.807) is 0 Å². The van der Waals surface area contributed by atoms with Gasteiger partial charge in [0.25, 0.3) is 5.91 Å². The van der Waals surface area contributed by atoms with Crippen LogP contribution in [-0.4, -0.2) is 28.5 Å². The van der Waals surface area contributed by atoms with E-state index in [-0.39, 0.29) is 5.91 Å². The summed E-state index contributed by atoms with van der Waals surface area (Å²) in [5.74, 6) is 1.30. The summed E-state index contributed by atoms with van der Waals surface area (Å²) in [5.41, 5.74) is 2.21. The lowest BCUT2D eigenvalue weighted by Gasteiger charge is -2.25. The fourth-order valence-corrected chi connectivity index (χ4v) is 2.95. The summed E-state index contributed by atoms with van der Waals surface area (Å²) in [4.78, 5) is 14.0. The molecule has 0 aromatic heterocycles. The molecule has 15 heavy (non-hydrogen) atoms. The van der Waals surface area contributed by atoms with Gasteiger partial charge in [0.15, 0.2) is 0 Å². The van der Waals surface area contributed by atoms with E-state index >= 15 is 0 Å². The van der Waals surface area contributed by atoms with Crippen LogP contribution in [0.4, 0.5) is 0 Å². The van der Waals surface area contributed by atoms with Crippen molar-refractivity contribution in [1.82, 2.24) is 4.90 Å². The number of carbonyl (C=O) groups is 1. The van der Waals surface area contributed by atoms with E-state index in [4.69, 9.17) is 0 Å². The maximum Gasteiger partial charge on any atom is 0.250 e. The van der Waals surface area contributed by atoms with Gasteiger partial charge in [0, 0.05) is 12.1 Å². The molecule has 2 nitrogen and oxygen atoms in total. The van der Waals surface area contributed by atoms with Gasteiger partial charge < -0.3 is 4.90 Å². The van der Waals surface area contributed by atoms with Gasteiger partial charge >= 0.3 is 0 Å². The zero-order chi connectivity index (χ0) is 11.4. The van der Waals surface area contributed by atoms with Crippen LogP contribution in [0.2, 0.25) is 0 Å². The molecule has 0 unspecified atom stereocenters. The molecule has 0 bridgehead atoms. The first-order valence-electron chi connectivity index (χ1n) is 5.73. The van der Waals surface area contributed by atoms with Gasteiger partial charge in [0.2, 0.25) is 0 Å². The summed E-state index contributed by atoms with van der Waals surface area (Å²) in [6, 6.07) is 0. The van der Waals surface area contributed by atoms with E-state index < -0.39 is 0 Å². The van der Waals surface area contributed by atoms with Gasteiger partial charge in [-0.05, 0) is 31.6 Å². The normalized spacial score (nSPS) is 21.7. The maximum absolute atomic E-state index is 12.0. The van der Waals surface area contributed by atoms with E-state index in [1.807, 2.05) is 23.6 Å². The lowest BCUT2D eigenvalue weighted by atomic mass is 10.2. The number of rotatable bonds is 5. The third-order valence-corrected chi connectivity index (χ3v) is 4.16. The second-order valence-corrected chi connectivity index (χ2v) is 5.33. The van der Waals surface area contributed by atoms with Crippen molar-refractivity contribution in [2.24, 2.45) is 0 Å². The largest absolute Gasteiger partial charge is 0.323 e. The van der Waals surface area contributed by atoms with Crippen LogP contribution in [0.3, 0.4) is 0 Å². The fourth-order valence-electron chi connectivity index (χ4n) is 1.83. The zero-order valence-corrected chi connectivity index (χ0v) is 11.0. The Labute approximate surface area is 97.1 Å². The highest BCUT2D eigenvalue weighted by Gasteiger charge is 2.33.